The van der Waals surface area contributed by atoms with Crippen LogP contribution in [0.3, 0.4) is 0 Å². The molecular weight excluding hydrogens is 330 g/mol. The van der Waals surface area contributed by atoms with Gasteiger partial charge in [-0.3, -0.25) is 14.9 Å². The first-order chi connectivity index (χ1) is 9.44. The Morgan fingerprint density at radius 2 is 2.20 bits per heavy atom. The summed E-state index contributed by atoms with van der Waals surface area (Å²) >= 11 is 3.20. The fourth-order valence-corrected chi connectivity index (χ4v) is 2.91. The lowest BCUT2D eigenvalue weighted by atomic mass is 9.86. The number of nitrogens with zero attached hydrogens (tertiary/aromatic N) is 2. The molecule has 1 aliphatic carbocycles. The number of carboxylic acid groups (broad SMARTS) is 1. The average molecular weight is 344 g/mol. The third-order valence-electron chi connectivity index (χ3n) is 3.65. The summed E-state index contributed by atoms with van der Waals surface area (Å²) in [4.78, 5) is 25.5. The lowest BCUT2D eigenvalue weighted by Crippen LogP contribution is -2.35. The number of anilines is 1. The number of nitrogens with one attached hydrogen (secondary N) is 1. The summed E-state index contributed by atoms with van der Waals surface area (Å²) in [5.41, 5.74) is -0.876. The van der Waals surface area contributed by atoms with E-state index in [9.17, 15) is 20.0 Å². The molecule has 108 valence electrons. The molecule has 0 aliphatic heterocycles. The van der Waals surface area contributed by atoms with Crippen LogP contribution in [-0.2, 0) is 4.79 Å². The molecule has 0 saturated heterocycles. The van der Waals surface area contributed by atoms with Crippen LogP contribution in [0.15, 0.2) is 16.7 Å². The number of nitro groups is 1. The molecule has 1 aromatic heterocycles. The summed E-state index contributed by atoms with van der Waals surface area (Å²) < 4.78 is 0.449. The predicted molar refractivity (Wildman–Crippen MR) is 75.6 cm³/mol. The van der Waals surface area contributed by atoms with Gasteiger partial charge in [-0.15, -0.1) is 0 Å². The van der Waals surface area contributed by atoms with Crippen molar-refractivity contribution in [1.29, 1.82) is 0 Å². The molecule has 0 aromatic carbocycles. The van der Waals surface area contributed by atoms with E-state index in [-0.39, 0.29) is 12.2 Å². The number of rotatable bonds is 5. The number of pyridine rings is 1. The van der Waals surface area contributed by atoms with E-state index >= 15 is 0 Å². The monoisotopic (exact) mass is 343 g/mol. The first-order valence-corrected chi connectivity index (χ1v) is 7.01. The summed E-state index contributed by atoms with van der Waals surface area (Å²) in [6, 6.07) is 1.34. The maximum absolute atomic E-state index is 11.4. The predicted octanol–water partition coefficient (Wildman–Crippen LogP) is 2.81. The van der Waals surface area contributed by atoms with Crippen LogP contribution >= 0.6 is 15.9 Å². The molecule has 1 saturated carbocycles. The van der Waals surface area contributed by atoms with Gasteiger partial charge in [0.05, 0.1) is 14.8 Å². The number of carbonyl (C=O) groups is 1. The highest BCUT2D eigenvalue weighted by Gasteiger charge is 2.41. The summed E-state index contributed by atoms with van der Waals surface area (Å²) in [6.07, 6.45) is 4.24. The Bertz CT molecular complexity index is 544. The molecule has 0 atom stereocenters. The largest absolute Gasteiger partial charge is 0.481 e. The zero-order valence-corrected chi connectivity index (χ0v) is 12.2. The maximum atomic E-state index is 11.4. The molecule has 2 rings (SSSR count). The number of aromatic nitrogens is 1. The summed E-state index contributed by atoms with van der Waals surface area (Å²) in [7, 11) is 0. The SMILES string of the molecule is O=C(O)C1(CNc2ncc([N+](=O)[O-])cc2Br)CCCC1. The smallest absolute Gasteiger partial charge is 0.311 e. The second-order valence-corrected chi connectivity index (χ2v) is 5.78. The average Bonchev–Trinajstić information content (AvgIpc) is 2.87. The van der Waals surface area contributed by atoms with E-state index in [0.717, 1.165) is 19.0 Å². The van der Waals surface area contributed by atoms with Gasteiger partial charge in [0.1, 0.15) is 12.0 Å². The number of aliphatic carboxylic acids is 1. The number of carboxylic acids is 1. The van der Waals surface area contributed by atoms with E-state index in [1.807, 2.05) is 0 Å². The molecule has 20 heavy (non-hydrogen) atoms. The van der Waals surface area contributed by atoms with E-state index in [1.54, 1.807) is 0 Å². The molecule has 1 aromatic rings. The summed E-state index contributed by atoms with van der Waals surface area (Å²) in [5.74, 6) is -0.386. The Balaban J connectivity index is 2.10. The van der Waals surface area contributed by atoms with Gasteiger partial charge in [0.25, 0.3) is 5.69 Å². The first-order valence-electron chi connectivity index (χ1n) is 6.22. The van der Waals surface area contributed by atoms with Gasteiger partial charge in [-0.05, 0) is 28.8 Å². The van der Waals surface area contributed by atoms with Crippen molar-refractivity contribution in [2.45, 2.75) is 25.7 Å². The summed E-state index contributed by atoms with van der Waals surface area (Å²) in [5, 5.41) is 23.0. The van der Waals surface area contributed by atoms with Gasteiger partial charge in [-0.1, -0.05) is 12.8 Å². The minimum atomic E-state index is -0.805. The minimum absolute atomic E-state index is 0.115. The Kier molecular flexibility index (Phi) is 4.22. The number of hydrogen-bond acceptors (Lipinski definition) is 5. The Labute approximate surface area is 123 Å². The standard InChI is InChI=1S/C12H14BrN3O4/c13-9-5-8(16(19)20)6-14-10(9)15-7-12(11(17)18)3-1-2-4-12/h5-6H,1-4,7H2,(H,14,15)(H,17,18). The molecule has 0 spiro atoms. The van der Waals surface area contributed by atoms with Gasteiger partial charge < -0.3 is 10.4 Å². The quantitative estimate of drug-likeness (QED) is 0.629. The fourth-order valence-electron chi connectivity index (χ4n) is 2.43. The molecule has 0 amide bonds. The molecular formula is C12H14BrN3O4. The van der Waals surface area contributed by atoms with Crippen molar-refractivity contribution in [2.75, 3.05) is 11.9 Å². The lowest BCUT2D eigenvalue weighted by Gasteiger charge is -2.24. The highest BCUT2D eigenvalue weighted by Crippen LogP contribution is 2.39. The Hall–Kier alpha value is -1.70. The molecule has 1 heterocycles. The second-order valence-electron chi connectivity index (χ2n) is 4.93. The van der Waals surface area contributed by atoms with Gasteiger partial charge in [-0.25, -0.2) is 4.98 Å². The van der Waals surface area contributed by atoms with E-state index in [0.29, 0.717) is 23.1 Å². The van der Waals surface area contributed by atoms with Crippen molar-refractivity contribution in [1.82, 2.24) is 4.98 Å². The van der Waals surface area contributed by atoms with E-state index in [4.69, 9.17) is 0 Å². The van der Waals surface area contributed by atoms with Crippen LogP contribution in [0.2, 0.25) is 0 Å². The first kappa shape index (κ1) is 14.7. The van der Waals surface area contributed by atoms with Crippen LogP contribution in [0.4, 0.5) is 11.5 Å². The Morgan fingerprint density at radius 1 is 1.55 bits per heavy atom. The van der Waals surface area contributed by atoms with E-state index in [1.165, 1.54) is 6.07 Å². The van der Waals surface area contributed by atoms with E-state index in [2.05, 4.69) is 26.2 Å². The van der Waals surface area contributed by atoms with Crippen molar-refractivity contribution >= 4 is 33.4 Å². The van der Waals surface area contributed by atoms with E-state index < -0.39 is 16.3 Å². The number of hydrogen-bond donors (Lipinski definition) is 2. The van der Waals surface area contributed by atoms with Crippen LogP contribution < -0.4 is 5.32 Å². The molecule has 0 unspecified atom stereocenters. The molecule has 8 heteroatoms. The molecule has 2 N–H and O–H groups in total. The normalized spacial score (nSPS) is 16.9. The zero-order valence-electron chi connectivity index (χ0n) is 10.6. The Morgan fingerprint density at radius 3 is 2.70 bits per heavy atom. The third-order valence-corrected chi connectivity index (χ3v) is 4.25. The van der Waals surface area contributed by atoms with Crippen LogP contribution in [0.1, 0.15) is 25.7 Å². The van der Waals surface area contributed by atoms with Gasteiger partial charge in [-0.2, -0.15) is 0 Å². The maximum Gasteiger partial charge on any atom is 0.311 e. The minimum Gasteiger partial charge on any atom is -0.481 e. The van der Waals surface area contributed by atoms with Crippen molar-refractivity contribution in [3.05, 3.63) is 26.9 Å². The van der Waals surface area contributed by atoms with Gasteiger partial charge in [0.15, 0.2) is 0 Å². The molecule has 1 aliphatic rings. The third kappa shape index (κ3) is 2.90. The molecule has 0 radical (unpaired) electrons. The van der Waals surface area contributed by atoms with Crippen LogP contribution in [-0.4, -0.2) is 27.5 Å². The van der Waals surface area contributed by atoms with Crippen molar-refractivity contribution in [2.24, 2.45) is 5.41 Å². The van der Waals surface area contributed by atoms with Gasteiger partial charge >= 0.3 is 5.97 Å². The van der Waals surface area contributed by atoms with Gasteiger partial charge in [0, 0.05) is 12.6 Å². The highest BCUT2D eigenvalue weighted by atomic mass is 79.9. The second kappa shape index (κ2) is 5.74. The lowest BCUT2D eigenvalue weighted by molar-refractivity contribution is -0.385. The van der Waals surface area contributed by atoms with Crippen LogP contribution in [0, 0.1) is 15.5 Å². The fraction of sp³-hybridized carbons (Fsp3) is 0.500. The van der Waals surface area contributed by atoms with Crippen molar-refractivity contribution in [3.8, 4) is 0 Å². The van der Waals surface area contributed by atoms with Crippen molar-refractivity contribution < 1.29 is 14.8 Å². The van der Waals surface area contributed by atoms with Crippen molar-refractivity contribution in [3.63, 3.8) is 0 Å². The topological polar surface area (TPSA) is 105 Å². The number of halogens is 1. The zero-order chi connectivity index (χ0) is 14.8. The summed E-state index contributed by atoms with van der Waals surface area (Å²) in [6.45, 7) is 0.270. The van der Waals surface area contributed by atoms with Gasteiger partial charge in [0.2, 0.25) is 0 Å². The highest BCUT2D eigenvalue weighted by molar-refractivity contribution is 9.10. The van der Waals surface area contributed by atoms with Crippen LogP contribution in [0.25, 0.3) is 0 Å². The molecule has 0 bridgehead atoms. The van der Waals surface area contributed by atoms with Crippen LogP contribution in [0.5, 0.6) is 0 Å². The molecule has 1 fully saturated rings. The molecule has 7 nitrogen and oxygen atoms in total.